The Hall–Kier alpha value is -1.36. The smallest absolute Gasteiger partial charge is 0.237 e. The van der Waals surface area contributed by atoms with Crippen LogP contribution in [0, 0.1) is 12.8 Å². The van der Waals surface area contributed by atoms with Crippen molar-refractivity contribution in [3.8, 4) is 0 Å². The first-order valence-corrected chi connectivity index (χ1v) is 5.92. The highest BCUT2D eigenvalue weighted by atomic mass is 16.2. The van der Waals surface area contributed by atoms with E-state index in [2.05, 4.69) is 24.3 Å². The summed E-state index contributed by atoms with van der Waals surface area (Å²) in [5.74, 6) is 0.331. The van der Waals surface area contributed by atoms with Gasteiger partial charge in [-0.1, -0.05) is 13.8 Å². The lowest BCUT2D eigenvalue weighted by molar-refractivity contribution is -0.122. The second-order valence-electron chi connectivity index (χ2n) is 4.87. The van der Waals surface area contributed by atoms with Gasteiger partial charge in [0.15, 0.2) is 0 Å². The number of amides is 1. The van der Waals surface area contributed by atoms with Gasteiger partial charge in [0.1, 0.15) is 0 Å². The number of aromatic nitrogens is 2. The van der Waals surface area contributed by atoms with Crippen LogP contribution >= 0.6 is 0 Å². The largest absolute Gasteiger partial charge is 0.351 e. The topological polar surface area (TPSA) is 72.9 Å². The molecular formula is C12H22N4O. The van der Waals surface area contributed by atoms with E-state index in [1.54, 1.807) is 4.68 Å². The van der Waals surface area contributed by atoms with Crippen molar-refractivity contribution in [1.29, 1.82) is 0 Å². The van der Waals surface area contributed by atoms with E-state index in [1.165, 1.54) is 0 Å². The lowest BCUT2D eigenvalue weighted by Crippen LogP contribution is -2.41. The predicted molar refractivity (Wildman–Crippen MR) is 67.2 cm³/mol. The van der Waals surface area contributed by atoms with Crippen LogP contribution in [0.3, 0.4) is 0 Å². The van der Waals surface area contributed by atoms with Crippen molar-refractivity contribution in [3.05, 3.63) is 17.5 Å². The molecule has 0 aliphatic heterocycles. The molecule has 5 nitrogen and oxygen atoms in total. The van der Waals surface area contributed by atoms with E-state index in [9.17, 15) is 4.79 Å². The zero-order chi connectivity index (χ0) is 13.0. The molecule has 1 aromatic heterocycles. The number of carbonyl (C=O) groups excluding carboxylic acids is 1. The maximum absolute atomic E-state index is 11.7. The minimum Gasteiger partial charge on any atom is -0.351 e. The molecule has 0 fully saturated rings. The van der Waals surface area contributed by atoms with Crippen LogP contribution in [0.4, 0.5) is 0 Å². The summed E-state index contributed by atoms with van der Waals surface area (Å²) in [7, 11) is 1.86. The van der Waals surface area contributed by atoms with Gasteiger partial charge in [-0.2, -0.15) is 5.10 Å². The molecule has 0 aliphatic carbocycles. The Labute approximate surface area is 102 Å². The summed E-state index contributed by atoms with van der Waals surface area (Å²) in [6.07, 6.45) is 2.61. The summed E-state index contributed by atoms with van der Waals surface area (Å²) in [6.45, 7) is 6.52. The Morgan fingerprint density at radius 3 is 2.71 bits per heavy atom. The van der Waals surface area contributed by atoms with E-state index in [0.29, 0.717) is 18.9 Å². The molecule has 1 amide bonds. The first kappa shape index (κ1) is 13.7. The van der Waals surface area contributed by atoms with E-state index < -0.39 is 6.04 Å². The number of hydrogen-bond donors (Lipinski definition) is 2. The van der Waals surface area contributed by atoms with E-state index in [4.69, 9.17) is 5.73 Å². The molecule has 3 N–H and O–H groups in total. The van der Waals surface area contributed by atoms with Crippen molar-refractivity contribution in [2.24, 2.45) is 18.7 Å². The molecule has 1 aromatic rings. The maximum atomic E-state index is 11.7. The van der Waals surface area contributed by atoms with Gasteiger partial charge in [0, 0.05) is 25.4 Å². The molecule has 0 spiro atoms. The van der Waals surface area contributed by atoms with Gasteiger partial charge < -0.3 is 11.1 Å². The molecule has 0 saturated carbocycles. The first-order chi connectivity index (χ1) is 7.90. The van der Waals surface area contributed by atoms with Gasteiger partial charge >= 0.3 is 0 Å². The van der Waals surface area contributed by atoms with Crippen LogP contribution in [0.1, 0.15) is 31.5 Å². The highest BCUT2D eigenvalue weighted by molar-refractivity contribution is 5.81. The van der Waals surface area contributed by atoms with E-state index >= 15 is 0 Å². The summed E-state index contributed by atoms with van der Waals surface area (Å²) < 4.78 is 1.74. The van der Waals surface area contributed by atoms with Gasteiger partial charge in [-0.05, 0) is 19.3 Å². The van der Waals surface area contributed by atoms with Gasteiger partial charge in [-0.15, -0.1) is 0 Å². The number of hydrogen-bond acceptors (Lipinski definition) is 3. The van der Waals surface area contributed by atoms with Crippen LogP contribution in [0.25, 0.3) is 0 Å². The summed E-state index contributed by atoms with van der Waals surface area (Å²) in [5.41, 5.74) is 7.75. The quantitative estimate of drug-likeness (QED) is 0.794. The van der Waals surface area contributed by atoms with Crippen molar-refractivity contribution >= 4 is 5.91 Å². The highest BCUT2D eigenvalue weighted by Crippen LogP contribution is 2.05. The Morgan fingerprint density at radius 1 is 1.59 bits per heavy atom. The lowest BCUT2D eigenvalue weighted by Gasteiger charge is -2.13. The number of nitrogens with one attached hydrogen (secondary N) is 1. The standard InChI is InChI=1S/C12H22N4O/c1-8(2)5-11(13)12(17)14-6-10-7-16(4)15-9(10)3/h7-8,11H,5-6,13H2,1-4H3,(H,14,17)/t11-/m0/s1. The fourth-order valence-corrected chi connectivity index (χ4v) is 1.75. The Morgan fingerprint density at radius 2 is 2.24 bits per heavy atom. The molecule has 0 radical (unpaired) electrons. The van der Waals surface area contributed by atoms with Crippen LogP contribution in [0.2, 0.25) is 0 Å². The molecule has 1 rings (SSSR count). The van der Waals surface area contributed by atoms with Crippen LogP contribution in [-0.2, 0) is 18.4 Å². The normalized spacial score (nSPS) is 12.8. The molecule has 0 bridgehead atoms. The van der Waals surface area contributed by atoms with Crippen molar-refractivity contribution < 1.29 is 4.79 Å². The molecule has 0 aliphatic rings. The zero-order valence-corrected chi connectivity index (χ0v) is 11.0. The van der Waals surface area contributed by atoms with Crippen LogP contribution in [0.5, 0.6) is 0 Å². The van der Waals surface area contributed by atoms with Gasteiger partial charge in [-0.25, -0.2) is 0 Å². The fourth-order valence-electron chi connectivity index (χ4n) is 1.75. The monoisotopic (exact) mass is 238 g/mol. The molecule has 1 atom stereocenters. The minimum atomic E-state index is -0.424. The SMILES string of the molecule is Cc1nn(C)cc1CNC(=O)[C@@H](N)CC(C)C. The number of rotatable bonds is 5. The Kier molecular flexibility index (Phi) is 4.69. The van der Waals surface area contributed by atoms with Crippen molar-refractivity contribution in [2.75, 3.05) is 0 Å². The molecule has 0 saturated heterocycles. The van der Waals surface area contributed by atoms with E-state index in [-0.39, 0.29) is 5.91 Å². The third-order valence-corrected chi connectivity index (χ3v) is 2.63. The fraction of sp³-hybridized carbons (Fsp3) is 0.667. The second kappa shape index (κ2) is 5.82. The zero-order valence-electron chi connectivity index (χ0n) is 11.0. The molecular weight excluding hydrogens is 216 g/mol. The van der Waals surface area contributed by atoms with E-state index in [0.717, 1.165) is 11.3 Å². The van der Waals surface area contributed by atoms with Crippen molar-refractivity contribution in [1.82, 2.24) is 15.1 Å². The maximum Gasteiger partial charge on any atom is 0.237 e. The summed E-state index contributed by atoms with van der Waals surface area (Å²) in [6, 6.07) is -0.424. The molecule has 96 valence electrons. The second-order valence-corrected chi connectivity index (χ2v) is 4.87. The van der Waals surface area contributed by atoms with Crippen LogP contribution < -0.4 is 11.1 Å². The lowest BCUT2D eigenvalue weighted by atomic mass is 10.0. The molecule has 0 aromatic carbocycles. The van der Waals surface area contributed by atoms with E-state index in [1.807, 2.05) is 20.2 Å². The number of nitrogens with two attached hydrogens (primary N) is 1. The van der Waals surface area contributed by atoms with Crippen molar-refractivity contribution in [3.63, 3.8) is 0 Å². The van der Waals surface area contributed by atoms with Gasteiger partial charge in [0.25, 0.3) is 0 Å². The average Bonchev–Trinajstić information content (AvgIpc) is 2.52. The number of aryl methyl sites for hydroxylation is 2. The molecule has 17 heavy (non-hydrogen) atoms. The highest BCUT2D eigenvalue weighted by Gasteiger charge is 2.15. The average molecular weight is 238 g/mol. The predicted octanol–water partition coefficient (Wildman–Crippen LogP) is 0.718. The van der Waals surface area contributed by atoms with Crippen LogP contribution in [-0.4, -0.2) is 21.7 Å². The van der Waals surface area contributed by atoms with Crippen LogP contribution in [0.15, 0.2) is 6.20 Å². The number of nitrogens with zero attached hydrogens (tertiary/aromatic N) is 2. The minimum absolute atomic E-state index is 0.0954. The Bertz CT molecular complexity index is 384. The summed E-state index contributed by atoms with van der Waals surface area (Å²) >= 11 is 0. The first-order valence-electron chi connectivity index (χ1n) is 5.92. The summed E-state index contributed by atoms with van der Waals surface area (Å²) in [4.78, 5) is 11.7. The Balaban J connectivity index is 2.45. The van der Waals surface area contributed by atoms with Gasteiger partial charge in [0.2, 0.25) is 5.91 Å². The van der Waals surface area contributed by atoms with Gasteiger partial charge in [0.05, 0.1) is 11.7 Å². The third-order valence-electron chi connectivity index (χ3n) is 2.63. The third kappa shape index (κ3) is 4.19. The summed E-state index contributed by atoms with van der Waals surface area (Å²) in [5, 5.41) is 7.06. The molecule has 0 unspecified atom stereocenters. The molecule has 1 heterocycles. The molecule has 5 heteroatoms. The van der Waals surface area contributed by atoms with Crippen molar-refractivity contribution in [2.45, 2.75) is 39.8 Å². The van der Waals surface area contributed by atoms with Gasteiger partial charge in [-0.3, -0.25) is 9.48 Å². The number of carbonyl (C=O) groups is 1.